The van der Waals surface area contributed by atoms with Crippen LogP contribution in [-0.2, 0) is 9.59 Å². The van der Waals surface area contributed by atoms with E-state index < -0.39 is 17.8 Å². The van der Waals surface area contributed by atoms with Gasteiger partial charge in [0.1, 0.15) is 0 Å². The number of carbonyl (C=O) groups excluding carboxylic acids is 2. The number of carboxylic acids is 1. The van der Waals surface area contributed by atoms with Crippen LogP contribution in [-0.4, -0.2) is 45.9 Å². The van der Waals surface area contributed by atoms with E-state index in [0.29, 0.717) is 27.5 Å². The molecule has 2 amide bonds. The standard InChI is InChI=1S/C21H17BrN2O6S2/c1-29-16-10-12(2-7-15(16)30-9-8-18(25)26)11-17-20(28)24(21(31)32-17)23-19(27)13-3-5-14(22)6-4-13/h2-7,10-11H,8-9H2,1H3,(H,23,27)(H,25,26)/b17-11+. The van der Waals surface area contributed by atoms with Crippen LogP contribution in [0.15, 0.2) is 51.8 Å². The van der Waals surface area contributed by atoms with E-state index in [1.807, 2.05) is 0 Å². The van der Waals surface area contributed by atoms with Crippen molar-refractivity contribution in [3.8, 4) is 11.5 Å². The number of nitrogens with zero attached hydrogens (tertiary/aromatic N) is 1. The summed E-state index contributed by atoms with van der Waals surface area (Å²) >= 11 is 9.62. The first-order valence-corrected chi connectivity index (χ1v) is 11.2. The Morgan fingerprint density at radius 1 is 1.22 bits per heavy atom. The van der Waals surface area contributed by atoms with Crippen LogP contribution >= 0.6 is 39.9 Å². The van der Waals surface area contributed by atoms with Crippen LogP contribution in [0.5, 0.6) is 11.5 Å². The number of benzene rings is 2. The lowest BCUT2D eigenvalue weighted by molar-refractivity contribution is -0.137. The van der Waals surface area contributed by atoms with Crippen molar-refractivity contribution in [2.75, 3.05) is 13.7 Å². The Morgan fingerprint density at radius 2 is 1.94 bits per heavy atom. The first kappa shape index (κ1) is 23.8. The summed E-state index contributed by atoms with van der Waals surface area (Å²) in [5.74, 6) is -1.09. The zero-order valence-corrected chi connectivity index (χ0v) is 19.9. The number of ether oxygens (including phenoxy) is 2. The molecule has 0 saturated carbocycles. The number of hydrogen-bond acceptors (Lipinski definition) is 7. The van der Waals surface area contributed by atoms with Crippen molar-refractivity contribution in [1.82, 2.24) is 10.4 Å². The fraction of sp³-hybridized carbons (Fsp3) is 0.143. The SMILES string of the molecule is COc1cc(/C=C2/SC(=S)N(NC(=O)c3ccc(Br)cc3)C2=O)ccc1OCCC(=O)O. The molecule has 2 aromatic carbocycles. The van der Waals surface area contributed by atoms with Crippen molar-refractivity contribution in [3.05, 3.63) is 63.0 Å². The van der Waals surface area contributed by atoms with Crippen molar-refractivity contribution in [3.63, 3.8) is 0 Å². The highest BCUT2D eigenvalue weighted by atomic mass is 79.9. The summed E-state index contributed by atoms with van der Waals surface area (Å²) < 4.78 is 11.8. The molecule has 1 aliphatic heterocycles. The van der Waals surface area contributed by atoms with Gasteiger partial charge in [-0.15, -0.1) is 0 Å². The Balaban J connectivity index is 1.72. The molecule has 11 heteroatoms. The molecule has 32 heavy (non-hydrogen) atoms. The zero-order chi connectivity index (χ0) is 23.3. The average molecular weight is 537 g/mol. The van der Waals surface area contributed by atoms with E-state index in [1.165, 1.54) is 7.11 Å². The molecule has 0 bridgehead atoms. The second-order valence-electron chi connectivity index (χ2n) is 6.37. The monoisotopic (exact) mass is 536 g/mol. The van der Waals surface area contributed by atoms with Crippen molar-refractivity contribution in [2.45, 2.75) is 6.42 Å². The van der Waals surface area contributed by atoms with Gasteiger partial charge < -0.3 is 14.6 Å². The van der Waals surface area contributed by atoms with E-state index in [0.717, 1.165) is 21.2 Å². The smallest absolute Gasteiger partial charge is 0.306 e. The van der Waals surface area contributed by atoms with Gasteiger partial charge in [0.15, 0.2) is 15.8 Å². The van der Waals surface area contributed by atoms with Crippen molar-refractivity contribution >= 4 is 68.1 Å². The van der Waals surface area contributed by atoms with Gasteiger partial charge in [0.25, 0.3) is 11.8 Å². The maximum absolute atomic E-state index is 12.8. The van der Waals surface area contributed by atoms with Gasteiger partial charge in [-0.25, -0.2) is 0 Å². The summed E-state index contributed by atoms with van der Waals surface area (Å²) in [5.41, 5.74) is 3.56. The van der Waals surface area contributed by atoms with Crippen LogP contribution in [0.4, 0.5) is 0 Å². The highest BCUT2D eigenvalue weighted by molar-refractivity contribution is 9.10. The van der Waals surface area contributed by atoms with E-state index in [9.17, 15) is 14.4 Å². The van der Waals surface area contributed by atoms with Crippen LogP contribution in [0, 0.1) is 0 Å². The van der Waals surface area contributed by atoms with Gasteiger partial charge in [-0.3, -0.25) is 19.8 Å². The molecule has 2 N–H and O–H groups in total. The molecular formula is C21H17BrN2O6S2. The number of nitrogens with one attached hydrogen (secondary N) is 1. The zero-order valence-electron chi connectivity index (χ0n) is 16.7. The van der Waals surface area contributed by atoms with Gasteiger partial charge in [0.2, 0.25) is 0 Å². The number of aliphatic carboxylic acids is 1. The molecule has 0 spiro atoms. The topological polar surface area (TPSA) is 105 Å². The Morgan fingerprint density at radius 3 is 2.59 bits per heavy atom. The lowest BCUT2D eigenvalue weighted by Crippen LogP contribution is -2.44. The predicted octanol–water partition coefficient (Wildman–Crippen LogP) is 3.86. The Hall–Kier alpha value is -2.89. The number of halogens is 1. The highest BCUT2D eigenvalue weighted by Crippen LogP contribution is 2.34. The van der Waals surface area contributed by atoms with E-state index in [1.54, 1.807) is 48.5 Å². The molecule has 1 aliphatic rings. The molecule has 1 saturated heterocycles. The van der Waals surface area contributed by atoms with Gasteiger partial charge in [-0.1, -0.05) is 33.8 Å². The highest BCUT2D eigenvalue weighted by Gasteiger charge is 2.33. The molecule has 1 fully saturated rings. The minimum absolute atomic E-state index is 0.00175. The van der Waals surface area contributed by atoms with Crippen LogP contribution in [0.3, 0.4) is 0 Å². The number of amides is 2. The second-order valence-corrected chi connectivity index (χ2v) is 8.96. The summed E-state index contributed by atoms with van der Waals surface area (Å²) in [6.45, 7) is 0.00175. The lowest BCUT2D eigenvalue weighted by atomic mass is 10.2. The number of hydrogen-bond donors (Lipinski definition) is 2. The largest absolute Gasteiger partial charge is 0.493 e. The summed E-state index contributed by atoms with van der Waals surface area (Å²) in [6, 6.07) is 11.7. The number of carboxylic acid groups (broad SMARTS) is 1. The first-order chi connectivity index (χ1) is 15.3. The third kappa shape index (κ3) is 5.87. The summed E-state index contributed by atoms with van der Waals surface area (Å²) in [6.07, 6.45) is 1.48. The van der Waals surface area contributed by atoms with Gasteiger partial charge in [-0.05, 0) is 60.3 Å². The molecule has 0 atom stereocenters. The molecule has 3 rings (SSSR count). The Kier molecular flexibility index (Phi) is 7.89. The Labute approximate surface area is 201 Å². The van der Waals surface area contributed by atoms with Crippen LogP contribution in [0.1, 0.15) is 22.3 Å². The van der Waals surface area contributed by atoms with E-state index in [-0.39, 0.29) is 17.3 Å². The number of thiocarbonyl (C=S) groups is 1. The molecule has 2 aromatic rings. The molecule has 166 valence electrons. The molecule has 0 aliphatic carbocycles. The fourth-order valence-electron chi connectivity index (χ4n) is 2.62. The quantitative estimate of drug-likeness (QED) is 0.387. The third-order valence-corrected chi connectivity index (χ3v) is 6.00. The number of rotatable bonds is 8. The third-order valence-electron chi connectivity index (χ3n) is 4.17. The number of carbonyl (C=O) groups is 3. The summed E-state index contributed by atoms with van der Waals surface area (Å²) in [4.78, 5) is 36.2. The van der Waals surface area contributed by atoms with E-state index >= 15 is 0 Å². The predicted molar refractivity (Wildman–Crippen MR) is 127 cm³/mol. The molecule has 0 radical (unpaired) electrons. The van der Waals surface area contributed by atoms with Gasteiger partial charge in [-0.2, -0.15) is 5.01 Å². The van der Waals surface area contributed by atoms with Gasteiger partial charge in [0, 0.05) is 10.0 Å². The van der Waals surface area contributed by atoms with Crippen LogP contribution in [0.2, 0.25) is 0 Å². The molecule has 8 nitrogen and oxygen atoms in total. The summed E-state index contributed by atoms with van der Waals surface area (Å²) in [5, 5.41) is 9.76. The number of methoxy groups -OCH3 is 1. The average Bonchev–Trinajstić information content (AvgIpc) is 3.02. The van der Waals surface area contributed by atoms with Gasteiger partial charge >= 0.3 is 5.97 Å². The minimum atomic E-state index is -0.963. The first-order valence-electron chi connectivity index (χ1n) is 9.15. The Bertz CT molecular complexity index is 1100. The van der Waals surface area contributed by atoms with Crippen LogP contribution in [0.25, 0.3) is 6.08 Å². The molecule has 0 aromatic heterocycles. The van der Waals surface area contributed by atoms with E-state index in [4.69, 9.17) is 26.8 Å². The minimum Gasteiger partial charge on any atom is -0.493 e. The lowest BCUT2D eigenvalue weighted by Gasteiger charge is -2.15. The van der Waals surface area contributed by atoms with Crippen molar-refractivity contribution < 1.29 is 29.0 Å². The molecule has 0 unspecified atom stereocenters. The van der Waals surface area contributed by atoms with E-state index in [2.05, 4.69) is 21.4 Å². The summed E-state index contributed by atoms with van der Waals surface area (Å²) in [7, 11) is 1.46. The molecular weight excluding hydrogens is 520 g/mol. The number of thioether (sulfide) groups is 1. The number of hydrazine groups is 1. The van der Waals surface area contributed by atoms with Crippen molar-refractivity contribution in [2.24, 2.45) is 0 Å². The fourth-order valence-corrected chi connectivity index (χ4v) is 4.07. The van der Waals surface area contributed by atoms with Crippen LogP contribution < -0.4 is 14.9 Å². The normalized spacial score (nSPS) is 14.6. The van der Waals surface area contributed by atoms with Crippen molar-refractivity contribution in [1.29, 1.82) is 0 Å². The maximum Gasteiger partial charge on any atom is 0.306 e. The molecule has 1 heterocycles. The van der Waals surface area contributed by atoms with Gasteiger partial charge in [0.05, 0.1) is 25.0 Å². The second kappa shape index (κ2) is 10.6. The maximum atomic E-state index is 12.8.